The van der Waals surface area contributed by atoms with Crippen LogP contribution in [-0.4, -0.2) is 67.1 Å². The SMILES string of the molecule is CO[C@H]1O[C@H](CO)[C@@H](N)[C@H](OC(=O)C(C)(C)C)[C@H]1NC(=O)OC(C)(C)C. The van der Waals surface area contributed by atoms with Crippen LogP contribution in [0.1, 0.15) is 41.5 Å². The van der Waals surface area contributed by atoms with Gasteiger partial charge in [0, 0.05) is 7.11 Å². The number of hydrogen-bond donors (Lipinski definition) is 3. The molecule has 0 bridgehead atoms. The summed E-state index contributed by atoms with van der Waals surface area (Å²) in [5.74, 6) is -0.498. The lowest BCUT2D eigenvalue weighted by Gasteiger charge is -2.44. The molecule has 1 aliphatic heterocycles. The van der Waals surface area contributed by atoms with Gasteiger partial charge in [-0.05, 0) is 41.5 Å². The van der Waals surface area contributed by atoms with Crippen LogP contribution < -0.4 is 11.1 Å². The van der Waals surface area contributed by atoms with Gasteiger partial charge in [0.15, 0.2) is 6.29 Å². The Morgan fingerprint density at radius 1 is 1.19 bits per heavy atom. The number of carbonyl (C=O) groups excluding carboxylic acids is 2. The highest BCUT2D eigenvalue weighted by Crippen LogP contribution is 2.26. The fraction of sp³-hybridized carbons (Fsp3) is 0.882. The van der Waals surface area contributed by atoms with Crippen LogP contribution in [0.4, 0.5) is 4.79 Å². The lowest BCUT2D eigenvalue weighted by atomic mass is 9.93. The van der Waals surface area contributed by atoms with Crippen molar-refractivity contribution in [3.63, 3.8) is 0 Å². The lowest BCUT2D eigenvalue weighted by Crippen LogP contribution is -2.68. The molecule has 0 saturated carbocycles. The molecule has 0 unspecified atom stereocenters. The number of alkyl carbamates (subject to hydrolysis) is 1. The summed E-state index contributed by atoms with van der Waals surface area (Å²) in [7, 11) is 1.38. The van der Waals surface area contributed by atoms with Crippen molar-refractivity contribution >= 4 is 12.1 Å². The maximum atomic E-state index is 12.4. The third kappa shape index (κ3) is 6.08. The molecule has 9 nitrogen and oxygen atoms in total. The number of methoxy groups -OCH3 is 1. The Balaban J connectivity index is 3.07. The zero-order chi connectivity index (χ0) is 20.3. The maximum absolute atomic E-state index is 12.4. The van der Waals surface area contributed by atoms with E-state index < -0.39 is 53.7 Å². The first-order valence-electron chi connectivity index (χ1n) is 8.55. The van der Waals surface area contributed by atoms with Gasteiger partial charge in [-0.1, -0.05) is 0 Å². The Morgan fingerprint density at radius 3 is 2.19 bits per heavy atom. The summed E-state index contributed by atoms with van der Waals surface area (Å²) in [6, 6.07) is -1.77. The van der Waals surface area contributed by atoms with Crippen LogP contribution in [0.5, 0.6) is 0 Å². The number of ether oxygens (including phenoxy) is 4. The molecule has 1 saturated heterocycles. The predicted octanol–water partition coefficient (Wildman–Crippen LogP) is 0.529. The van der Waals surface area contributed by atoms with Crippen LogP contribution in [0.15, 0.2) is 0 Å². The van der Waals surface area contributed by atoms with Crippen LogP contribution in [0.3, 0.4) is 0 Å². The van der Waals surface area contributed by atoms with Crippen LogP contribution in [0.25, 0.3) is 0 Å². The molecule has 0 aliphatic carbocycles. The fourth-order valence-electron chi connectivity index (χ4n) is 2.37. The average Bonchev–Trinajstić information content (AvgIpc) is 2.48. The predicted molar refractivity (Wildman–Crippen MR) is 93.2 cm³/mol. The third-order valence-electron chi connectivity index (χ3n) is 3.72. The van der Waals surface area contributed by atoms with Gasteiger partial charge in [-0.3, -0.25) is 4.79 Å². The van der Waals surface area contributed by atoms with E-state index in [0.717, 1.165) is 0 Å². The van der Waals surface area contributed by atoms with E-state index in [4.69, 9.17) is 24.7 Å². The molecule has 5 atom stereocenters. The number of esters is 1. The van der Waals surface area contributed by atoms with E-state index in [0.29, 0.717) is 0 Å². The topological polar surface area (TPSA) is 129 Å². The number of hydrogen-bond acceptors (Lipinski definition) is 8. The maximum Gasteiger partial charge on any atom is 0.408 e. The molecule has 26 heavy (non-hydrogen) atoms. The van der Waals surface area contributed by atoms with Crippen molar-refractivity contribution in [3.05, 3.63) is 0 Å². The van der Waals surface area contributed by atoms with Gasteiger partial charge in [0.2, 0.25) is 0 Å². The zero-order valence-corrected chi connectivity index (χ0v) is 16.6. The van der Waals surface area contributed by atoms with Crippen molar-refractivity contribution in [3.8, 4) is 0 Å². The van der Waals surface area contributed by atoms with Crippen LogP contribution in [-0.2, 0) is 23.7 Å². The van der Waals surface area contributed by atoms with Gasteiger partial charge in [0.05, 0.1) is 18.1 Å². The van der Waals surface area contributed by atoms with Crippen molar-refractivity contribution in [2.45, 2.75) is 77.7 Å². The van der Waals surface area contributed by atoms with E-state index in [-0.39, 0.29) is 6.61 Å². The molecule has 152 valence electrons. The Bertz CT molecular complexity index is 498. The minimum Gasteiger partial charge on any atom is -0.458 e. The molecule has 0 aromatic rings. The first-order chi connectivity index (χ1) is 11.8. The van der Waals surface area contributed by atoms with E-state index in [9.17, 15) is 14.7 Å². The smallest absolute Gasteiger partial charge is 0.408 e. The number of carbonyl (C=O) groups is 2. The molecular formula is C17H32N2O7. The van der Waals surface area contributed by atoms with Gasteiger partial charge in [0.25, 0.3) is 0 Å². The first kappa shape index (κ1) is 22.6. The largest absolute Gasteiger partial charge is 0.458 e. The van der Waals surface area contributed by atoms with Crippen molar-refractivity contribution in [1.82, 2.24) is 5.32 Å². The summed E-state index contributed by atoms with van der Waals surface area (Å²) < 4.78 is 21.7. The molecule has 0 aromatic carbocycles. The van der Waals surface area contributed by atoms with Crippen LogP contribution in [0, 0.1) is 5.41 Å². The summed E-state index contributed by atoms with van der Waals surface area (Å²) in [5.41, 5.74) is 4.64. The van der Waals surface area contributed by atoms with Gasteiger partial charge in [-0.2, -0.15) is 0 Å². The molecule has 0 spiro atoms. The summed E-state index contributed by atoms with van der Waals surface area (Å²) in [6.45, 7) is 9.90. The Labute approximate surface area is 154 Å². The van der Waals surface area contributed by atoms with E-state index in [1.54, 1.807) is 41.5 Å². The number of rotatable bonds is 4. The highest BCUT2D eigenvalue weighted by Gasteiger charge is 2.48. The summed E-state index contributed by atoms with van der Waals surface area (Å²) >= 11 is 0. The molecule has 1 fully saturated rings. The fourth-order valence-corrected chi connectivity index (χ4v) is 2.37. The molecule has 1 aliphatic rings. The second-order valence-electron chi connectivity index (χ2n) is 8.33. The van der Waals surface area contributed by atoms with E-state index in [1.807, 2.05) is 0 Å². The number of nitrogens with one attached hydrogen (secondary N) is 1. The molecule has 1 heterocycles. The third-order valence-corrected chi connectivity index (χ3v) is 3.72. The second-order valence-corrected chi connectivity index (χ2v) is 8.33. The standard InChI is InChI=1S/C17H32N2O7/c1-16(2,3)14(21)25-12-10(18)9(8-20)24-13(23-7)11(12)19-15(22)26-17(4,5)6/h9-13,20H,8,18H2,1-7H3,(H,19,22)/t9-,10-,11-,12+,13+/m1/s1. The summed E-state index contributed by atoms with van der Waals surface area (Å²) in [6.07, 6.45) is -3.48. The normalized spacial score (nSPS) is 29.8. The van der Waals surface area contributed by atoms with E-state index >= 15 is 0 Å². The molecule has 0 aromatic heterocycles. The number of nitrogens with two attached hydrogens (primary N) is 1. The summed E-state index contributed by atoms with van der Waals surface area (Å²) in [4.78, 5) is 24.6. The minimum absolute atomic E-state index is 0.385. The first-order valence-corrected chi connectivity index (χ1v) is 8.55. The highest BCUT2D eigenvalue weighted by molar-refractivity contribution is 5.76. The van der Waals surface area contributed by atoms with Gasteiger partial charge in [0.1, 0.15) is 23.9 Å². The average molecular weight is 376 g/mol. The lowest BCUT2D eigenvalue weighted by molar-refractivity contribution is -0.240. The zero-order valence-electron chi connectivity index (χ0n) is 16.6. The molecule has 1 amide bonds. The van der Waals surface area contributed by atoms with Crippen molar-refractivity contribution < 1.29 is 33.6 Å². The van der Waals surface area contributed by atoms with Gasteiger partial charge in [-0.15, -0.1) is 0 Å². The van der Waals surface area contributed by atoms with Gasteiger partial charge >= 0.3 is 12.1 Å². The molecule has 4 N–H and O–H groups in total. The van der Waals surface area contributed by atoms with Gasteiger partial charge < -0.3 is 35.1 Å². The molecule has 9 heteroatoms. The highest BCUT2D eigenvalue weighted by atomic mass is 16.7. The Kier molecular flexibility index (Phi) is 7.41. The monoisotopic (exact) mass is 376 g/mol. The van der Waals surface area contributed by atoms with Gasteiger partial charge in [-0.25, -0.2) is 4.79 Å². The molecule has 0 radical (unpaired) electrons. The van der Waals surface area contributed by atoms with Crippen LogP contribution in [0.2, 0.25) is 0 Å². The minimum atomic E-state index is -0.975. The second kappa shape index (κ2) is 8.51. The Hall–Kier alpha value is -1.42. The molecular weight excluding hydrogens is 344 g/mol. The Morgan fingerprint density at radius 2 is 1.77 bits per heavy atom. The molecule has 1 rings (SSSR count). The van der Waals surface area contributed by atoms with Crippen molar-refractivity contribution in [2.24, 2.45) is 11.1 Å². The summed E-state index contributed by atoms with van der Waals surface area (Å²) in [5, 5.41) is 12.1. The number of aliphatic hydroxyl groups is 1. The van der Waals surface area contributed by atoms with Crippen molar-refractivity contribution in [2.75, 3.05) is 13.7 Å². The number of aliphatic hydroxyl groups excluding tert-OH is 1. The number of amides is 1. The van der Waals surface area contributed by atoms with Crippen molar-refractivity contribution in [1.29, 1.82) is 0 Å². The van der Waals surface area contributed by atoms with E-state index in [2.05, 4.69) is 5.32 Å². The van der Waals surface area contributed by atoms with Crippen LogP contribution >= 0.6 is 0 Å². The van der Waals surface area contributed by atoms with E-state index in [1.165, 1.54) is 7.11 Å². The quantitative estimate of drug-likeness (QED) is 0.606.